The number of carbonyl (C=O) groups excluding carboxylic acids is 2. The van der Waals surface area contributed by atoms with E-state index in [1.165, 1.54) is 0 Å². The van der Waals surface area contributed by atoms with E-state index in [1.807, 2.05) is 43.3 Å². The minimum atomic E-state index is -0.317. The molecule has 1 aliphatic rings. The molecule has 22 heavy (non-hydrogen) atoms. The molecule has 0 aliphatic carbocycles. The summed E-state index contributed by atoms with van der Waals surface area (Å²) >= 11 is 0. The molecule has 2 rings (SSSR count). The molecule has 0 spiro atoms. The van der Waals surface area contributed by atoms with E-state index in [9.17, 15) is 9.59 Å². The molecule has 6 heteroatoms. The van der Waals surface area contributed by atoms with Crippen molar-refractivity contribution >= 4 is 23.2 Å². The Hall–Kier alpha value is -2.08. The molecule has 0 aromatic heterocycles. The molecule has 1 fully saturated rings. The molecule has 0 bridgehead atoms. The summed E-state index contributed by atoms with van der Waals surface area (Å²) in [6, 6.07) is 7.45. The van der Waals surface area contributed by atoms with Crippen LogP contribution >= 0.6 is 0 Å². The number of rotatable bonds is 6. The zero-order valence-electron chi connectivity index (χ0n) is 13.1. The van der Waals surface area contributed by atoms with E-state index in [0.717, 1.165) is 25.1 Å². The van der Waals surface area contributed by atoms with Crippen molar-refractivity contribution < 1.29 is 14.3 Å². The van der Waals surface area contributed by atoms with Gasteiger partial charge in [-0.3, -0.25) is 9.59 Å². The van der Waals surface area contributed by atoms with E-state index in [-0.39, 0.29) is 24.3 Å². The zero-order valence-corrected chi connectivity index (χ0v) is 13.1. The summed E-state index contributed by atoms with van der Waals surface area (Å²) in [7, 11) is 3.90. The lowest BCUT2D eigenvalue weighted by Gasteiger charge is -2.13. The Morgan fingerprint density at radius 1 is 1.23 bits per heavy atom. The van der Waals surface area contributed by atoms with Gasteiger partial charge in [-0.05, 0) is 37.1 Å². The van der Waals surface area contributed by atoms with Crippen molar-refractivity contribution in [2.24, 2.45) is 0 Å². The number of ether oxygens (including phenoxy) is 1. The lowest BCUT2D eigenvalue weighted by molar-refractivity contribution is -0.127. The van der Waals surface area contributed by atoms with E-state index >= 15 is 0 Å². The summed E-state index contributed by atoms with van der Waals surface area (Å²) in [5.41, 5.74) is 1.73. The summed E-state index contributed by atoms with van der Waals surface area (Å²) in [5.74, 6) is -0.597. The third-order valence-corrected chi connectivity index (χ3v) is 3.54. The van der Waals surface area contributed by atoms with E-state index in [0.29, 0.717) is 12.2 Å². The molecule has 2 N–H and O–H groups in total. The predicted octanol–water partition coefficient (Wildman–Crippen LogP) is 1.38. The average molecular weight is 305 g/mol. The summed E-state index contributed by atoms with van der Waals surface area (Å²) in [6.45, 7) is 1.23. The fraction of sp³-hybridized carbons (Fsp3) is 0.500. The largest absolute Gasteiger partial charge is 0.378 e. The van der Waals surface area contributed by atoms with Crippen LogP contribution in [-0.2, 0) is 14.3 Å². The minimum absolute atomic E-state index is 0.0885. The number of hydrogen-bond donors (Lipinski definition) is 2. The first kappa shape index (κ1) is 16.3. The monoisotopic (exact) mass is 305 g/mol. The first-order valence-corrected chi connectivity index (χ1v) is 7.50. The normalized spacial score (nSPS) is 17.1. The molecule has 1 heterocycles. The van der Waals surface area contributed by atoms with Crippen LogP contribution < -0.4 is 15.5 Å². The Morgan fingerprint density at radius 2 is 1.95 bits per heavy atom. The highest BCUT2D eigenvalue weighted by Crippen LogP contribution is 2.15. The molecular weight excluding hydrogens is 282 g/mol. The van der Waals surface area contributed by atoms with Gasteiger partial charge in [-0.25, -0.2) is 0 Å². The van der Waals surface area contributed by atoms with E-state index < -0.39 is 0 Å². The number of benzene rings is 1. The lowest BCUT2D eigenvalue weighted by Crippen LogP contribution is -2.34. The second-order valence-electron chi connectivity index (χ2n) is 5.61. The van der Waals surface area contributed by atoms with Crippen molar-refractivity contribution in [3.63, 3.8) is 0 Å². The standard InChI is InChI=1S/C16H23N3O3/c1-19(2)13-7-5-12(6-8-13)18-16(21)10-15(20)17-11-14-4-3-9-22-14/h5-8,14H,3-4,9-11H2,1-2H3,(H,17,20)(H,18,21). The SMILES string of the molecule is CN(C)c1ccc(NC(=O)CC(=O)NCC2CCCO2)cc1. The number of carbonyl (C=O) groups is 2. The molecule has 2 amide bonds. The number of anilines is 2. The highest BCUT2D eigenvalue weighted by Gasteiger charge is 2.17. The summed E-state index contributed by atoms with van der Waals surface area (Å²) in [6.07, 6.45) is 1.90. The van der Waals surface area contributed by atoms with Gasteiger partial charge in [0, 0.05) is 38.6 Å². The van der Waals surface area contributed by atoms with Gasteiger partial charge in [-0.2, -0.15) is 0 Å². The van der Waals surface area contributed by atoms with Gasteiger partial charge in [0.05, 0.1) is 6.10 Å². The highest BCUT2D eigenvalue weighted by atomic mass is 16.5. The van der Waals surface area contributed by atoms with Gasteiger partial charge < -0.3 is 20.3 Å². The van der Waals surface area contributed by atoms with Gasteiger partial charge in [-0.1, -0.05) is 0 Å². The highest BCUT2D eigenvalue weighted by molar-refractivity contribution is 6.03. The van der Waals surface area contributed by atoms with Crippen LogP contribution in [0.2, 0.25) is 0 Å². The van der Waals surface area contributed by atoms with Gasteiger partial charge in [0.2, 0.25) is 11.8 Å². The maximum atomic E-state index is 11.8. The van der Waals surface area contributed by atoms with Gasteiger partial charge in [-0.15, -0.1) is 0 Å². The van der Waals surface area contributed by atoms with Crippen molar-refractivity contribution in [3.05, 3.63) is 24.3 Å². The van der Waals surface area contributed by atoms with Crippen LogP contribution in [0.25, 0.3) is 0 Å². The topological polar surface area (TPSA) is 70.7 Å². The second kappa shape index (κ2) is 7.79. The van der Waals surface area contributed by atoms with Crippen LogP contribution in [0, 0.1) is 0 Å². The third-order valence-electron chi connectivity index (χ3n) is 3.54. The third kappa shape index (κ3) is 5.04. The van der Waals surface area contributed by atoms with Crippen LogP contribution in [0.15, 0.2) is 24.3 Å². The summed E-state index contributed by atoms with van der Waals surface area (Å²) in [5, 5.41) is 5.45. The quantitative estimate of drug-likeness (QED) is 0.779. The molecule has 1 aromatic carbocycles. The zero-order chi connectivity index (χ0) is 15.9. The molecule has 0 radical (unpaired) electrons. The van der Waals surface area contributed by atoms with Crippen molar-refractivity contribution in [2.45, 2.75) is 25.4 Å². The number of hydrogen-bond acceptors (Lipinski definition) is 4. The van der Waals surface area contributed by atoms with Crippen molar-refractivity contribution in [1.82, 2.24) is 5.32 Å². The van der Waals surface area contributed by atoms with Crippen LogP contribution in [-0.4, -0.2) is 45.2 Å². The van der Waals surface area contributed by atoms with Gasteiger partial charge >= 0.3 is 0 Å². The van der Waals surface area contributed by atoms with Crippen LogP contribution in [0.3, 0.4) is 0 Å². The predicted molar refractivity (Wildman–Crippen MR) is 86.0 cm³/mol. The fourth-order valence-corrected chi connectivity index (χ4v) is 2.29. The molecule has 1 aromatic rings. The first-order valence-electron chi connectivity index (χ1n) is 7.50. The van der Waals surface area contributed by atoms with Gasteiger partial charge in [0.15, 0.2) is 0 Å². The van der Waals surface area contributed by atoms with Crippen molar-refractivity contribution in [1.29, 1.82) is 0 Å². The molecule has 1 aliphatic heterocycles. The Bertz CT molecular complexity index is 508. The first-order chi connectivity index (χ1) is 10.5. The van der Waals surface area contributed by atoms with E-state index in [2.05, 4.69) is 10.6 Å². The fourth-order valence-electron chi connectivity index (χ4n) is 2.29. The van der Waals surface area contributed by atoms with Crippen LogP contribution in [0.4, 0.5) is 11.4 Å². The summed E-state index contributed by atoms with van der Waals surface area (Å²) in [4.78, 5) is 25.5. The number of nitrogens with zero attached hydrogens (tertiary/aromatic N) is 1. The van der Waals surface area contributed by atoms with Gasteiger partial charge in [0.25, 0.3) is 0 Å². The summed E-state index contributed by atoms with van der Waals surface area (Å²) < 4.78 is 5.42. The smallest absolute Gasteiger partial charge is 0.233 e. The lowest BCUT2D eigenvalue weighted by atomic mass is 10.2. The average Bonchev–Trinajstić information content (AvgIpc) is 2.99. The maximum absolute atomic E-state index is 11.8. The maximum Gasteiger partial charge on any atom is 0.233 e. The molecule has 1 atom stereocenters. The Kier molecular flexibility index (Phi) is 5.77. The minimum Gasteiger partial charge on any atom is -0.378 e. The van der Waals surface area contributed by atoms with E-state index in [1.54, 1.807) is 0 Å². The van der Waals surface area contributed by atoms with Crippen LogP contribution in [0.5, 0.6) is 0 Å². The molecule has 120 valence electrons. The Labute approximate surface area is 130 Å². The molecule has 0 saturated carbocycles. The number of amides is 2. The molecule has 1 saturated heterocycles. The van der Waals surface area contributed by atoms with Gasteiger partial charge in [0.1, 0.15) is 6.42 Å². The Morgan fingerprint density at radius 3 is 2.55 bits per heavy atom. The van der Waals surface area contributed by atoms with Crippen LogP contribution in [0.1, 0.15) is 19.3 Å². The number of nitrogens with one attached hydrogen (secondary N) is 2. The molecular formula is C16H23N3O3. The van der Waals surface area contributed by atoms with E-state index in [4.69, 9.17) is 4.74 Å². The van der Waals surface area contributed by atoms with Crippen molar-refractivity contribution in [3.8, 4) is 0 Å². The molecule has 6 nitrogen and oxygen atoms in total. The Balaban J connectivity index is 1.73. The molecule has 1 unspecified atom stereocenters. The van der Waals surface area contributed by atoms with Crippen molar-refractivity contribution in [2.75, 3.05) is 37.5 Å². The second-order valence-corrected chi connectivity index (χ2v) is 5.61.